The van der Waals surface area contributed by atoms with E-state index in [4.69, 9.17) is 20.3 Å². The number of benzene rings is 2. The Bertz CT molecular complexity index is 1180. The normalized spacial score (nSPS) is 18.6. The number of halogens is 7. The summed E-state index contributed by atoms with van der Waals surface area (Å²) in [5.41, 5.74) is -3.20. The van der Waals surface area contributed by atoms with Gasteiger partial charge in [-0.1, -0.05) is 12.1 Å². The average Bonchev–Trinajstić information content (AvgIpc) is 2.86. The van der Waals surface area contributed by atoms with Gasteiger partial charge in [-0.25, -0.2) is 4.39 Å². The molecule has 0 aliphatic carbocycles. The Labute approximate surface area is 192 Å². The minimum Gasteiger partial charge on any atom is -0.494 e. The number of rotatable bonds is 4. The van der Waals surface area contributed by atoms with E-state index in [1.54, 1.807) is 0 Å². The second-order valence-corrected chi connectivity index (χ2v) is 7.30. The molecule has 2 atom stereocenters. The highest BCUT2D eigenvalue weighted by molar-refractivity contribution is 6.21. The zero-order valence-corrected chi connectivity index (χ0v) is 17.6. The van der Waals surface area contributed by atoms with Crippen LogP contribution in [0.1, 0.15) is 29.2 Å². The van der Waals surface area contributed by atoms with Crippen molar-refractivity contribution in [3.05, 3.63) is 58.9 Å². The molecule has 0 bridgehead atoms. The Kier molecular flexibility index (Phi) is 6.79. The number of carboxylic acids is 1. The molecule has 0 amide bonds. The summed E-state index contributed by atoms with van der Waals surface area (Å²) in [6.45, 7) is 0. The van der Waals surface area contributed by atoms with Crippen LogP contribution in [0.5, 0.6) is 5.75 Å². The molecule has 0 spiro atoms. The van der Waals surface area contributed by atoms with Crippen molar-refractivity contribution in [2.45, 2.75) is 31.0 Å². The fraction of sp³-hybridized carbons (Fsp3) is 0.286. The van der Waals surface area contributed by atoms with Gasteiger partial charge in [0, 0.05) is 11.1 Å². The van der Waals surface area contributed by atoms with E-state index in [0.717, 1.165) is 13.2 Å². The first-order valence-corrected chi connectivity index (χ1v) is 9.62. The lowest BCUT2D eigenvalue weighted by molar-refractivity contribution is -0.139. The van der Waals surface area contributed by atoms with E-state index in [9.17, 15) is 36.2 Å². The topological polar surface area (TPSA) is 107 Å². The molecule has 1 aliphatic rings. The van der Waals surface area contributed by atoms with Crippen LogP contribution in [0.15, 0.2) is 36.4 Å². The summed E-state index contributed by atoms with van der Waals surface area (Å²) in [7, 11) is 1.10. The number of hydrogen-bond acceptors (Lipinski definition) is 5. The van der Waals surface area contributed by atoms with Gasteiger partial charge >= 0.3 is 18.3 Å². The van der Waals surface area contributed by atoms with Gasteiger partial charge in [0.05, 0.1) is 24.8 Å². The minimum atomic E-state index is -5.37. The van der Waals surface area contributed by atoms with Crippen molar-refractivity contribution in [2.24, 2.45) is 0 Å². The second-order valence-electron chi connectivity index (χ2n) is 7.30. The number of carboxylic acid groups (broad SMARTS) is 1. The Balaban J connectivity index is 2.37. The van der Waals surface area contributed by atoms with Gasteiger partial charge in [-0.05, 0) is 24.3 Å². The van der Waals surface area contributed by atoms with E-state index in [-0.39, 0.29) is 10.6 Å². The first-order chi connectivity index (χ1) is 16.2. The van der Waals surface area contributed by atoms with Crippen molar-refractivity contribution in [1.29, 1.82) is 10.8 Å². The molecule has 2 aromatic carbocycles. The SMILES string of the molecule is COc1cccc(C2O[C@@H](CC(=O)O)C(=N)N(C(=N)C(F)(F)F)c3ccc(C(F)(F)F)cc32)c1F. The molecule has 3 rings (SSSR count). The number of aliphatic carboxylic acids is 1. The summed E-state index contributed by atoms with van der Waals surface area (Å²) in [4.78, 5) is 11.3. The summed E-state index contributed by atoms with van der Waals surface area (Å²) < 4.78 is 106. The van der Waals surface area contributed by atoms with E-state index in [1.807, 2.05) is 0 Å². The first kappa shape index (κ1) is 25.9. The lowest BCUT2D eigenvalue weighted by atomic mass is 9.96. The standard InChI is InChI=1S/C21H16F7N3O4/c1-34-13-4-2-3-10(16(13)22)17-11-7-9(20(23,24)25)5-6-12(11)31(19(30)21(26,27)28)18(29)14(35-17)8-15(32)33/h2-7,14,17,29-30H,8H2,1H3,(H,32,33)/t14-,17?/m0/s1. The zero-order chi connectivity index (χ0) is 26.3. The molecule has 0 fully saturated rings. The maximum Gasteiger partial charge on any atom is 0.449 e. The third-order valence-corrected chi connectivity index (χ3v) is 5.07. The summed E-state index contributed by atoms with van der Waals surface area (Å²) in [6.07, 6.45) is -15.3. The lowest BCUT2D eigenvalue weighted by Gasteiger charge is -2.28. The second kappa shape index (κ2) is 9.17. The van der Waals surface area contributed by atoms with Crippen LogP contribution in [0.4, 0.5) is 36.4 Å². The van der Waals surface area contributed by atoms with Crippen LogP contribution in [-0.2, 0) is 15.7 Å². The maximum atomic E-state index is 15.1. The van der Waals surface area contributed by atoms with Crippen molar-refractivity contribution in [2.75, 3.05) is 12.0 Å². The number of hydrogen-bond donors (Lipinski definition) is 3. The molecule has 7 nitrogen and oxygen atoms in total. The number of anilines is 1. The van der Waals surface area contributed by atoms with E-state index in [2.05, 4.69) is 0 Å². The molecule has 188 valence electrons. The molecule has 2 aromatic rings. The number of fused-ring (bicyclic) bond motifs is 1. The fourth-order valence-corrected chi connectivity index (χ4v) is 3.52. The first-order valence-electron chi connectivity index (χ1n) is 9.62. The molecule has 3 N–H and O–H groups in total. The van der Waals surface area contributed by atoms with Crippen LogP contribution in [0.25, 0.3) is 0 Å². The third-order valence-electron chi connectivity index (χ3n) is 5.07. The van der Waals surface area contributed by atoms with Gasteiger partial charge in [-0.2, -0.15) is 26.3 Å². The molecule has 1 aliphatic heterocycles. The largest absolute Gasteiger partial charge is 0.494 e. The third kappa shape index (κ3) is 5.06. The van der Waals surface area contributed by atoms with Crippen LogP contribution in [0, 0.1) is 16.6 Å². The molecule has 0 aromatic heterocycles. The molecule has 0 radical (unpaired) electrons. The number of nitrogens with zero attached hydrogens (tertiary/aromatic N) is 1. The predicted octanol–water partition coefficient (Wildman–Crippen LogP) is 5.14. The summed E-state index contributed by atoms with van der Waals surface area (Å²) in [5, 5.41) is 25.0. The van der Waals surface area contributed by atoms with Crippen LogP contribution in [0.2, 0.25) is 0 Å². The quantitative estimate of drug-likeness (QED) is 0.302. The van der Waals surface area contributed by atoms with Gasteiger partial charge in [-0.15, -0.1) is 0 Å². The van der Waals surface area contributed by atoms with Gasteiger partial charge in [0.25, 0.3) is 0 Å². The Morgan fingerprint density at radius 1 is 1.14 bits per heavy atom. The van der Waals surface area contributed by atoms with E-state index in [0.29, 0.717) is 18.2 Å². The molecule has 1 heterocycles. The molecule has 35 heavy (non-hydrogen) atoms. The molecular formula is C21H16F7N3O4. The Morgan fingerprint density at radius 3 is 2.34 bits per heavy atom. The number of nitrogens with one attached hydrogen (secondary N) is 2. The Hall–Kier alpha value is -3.68. The summed E-state index contributed by atoms with van der Waals surface area (Å²) in [5.74, 6) is -6.46. The number of ether oxygens (including phenoxy) is 2. The van der Waals surface area contributed by atoms with E-state index in [1.165, 1.54) is 12.1 Å². The number of alkyl halides is 6. The lowest BCUT2D eigenvalue weighted by Crippen LogP contribution is -2.48. The van der Waals surface area contributed by atoms with Crippen LogP contribution in [0.3, 0.4) is 0 Å². The van der Waals surface area contributed by atoms with Gasteiger partial charge in [0.1, 0.15) is 18.0 Å². The van der Waals surface area contributed by atoms with Gasteiger partial charge in [0.2, 0.25) is 5.84 Å². The smallest absolute Gasteiger partial charge is 0.449 e. The van der Waals surface area contributed by atoms with Gasteiger partial charge in [0.15, 0.2) is 11.6 Å². The molecule has 14 heteroatoms. The monoisotopic (exact) mass is 507 g/mol. The van der Waals surface area contributed by atoms with Crippen LogP contribution >= 0.6 is 0 Å². The number of methoxy groups -OCH3 is 1. The molecule has 0 saturated heterocycles. The minimum absolute atomic E-state index is 0.0544. The van der Waals surface area contributed by atoms with Crippen molar-refractivity contribution in [3.8, 4) is 5.75 Å². The van der Waals surface area contributed by atoms with Gasteiger partial charge < -0.3 is 14.6 Å². The highest BCUT2D eigenvalue weighted by Gasteiger charge is 2.46. The summed E-state index contributed by atoms with van der Waals surface area (Å²) in [6, 6.07) is 4.91. The van der Waals surface area contributed by atoms with Gasteiger partial charge in [-0.3, -0.25) is 20.5 Å². The highest BCUT2D eigenvalue weighted by atomic mass is 19.4. The van der Waals surface area contributed by atoms with Crippen LogP contribution in [-0.4, -0.2) is 42.1 Å². The maximum absolute atomic E-state index is 15.1. The van der Waals surface area contributed by atoms with Crippen LogP contribution < -0.4 is 9.64 Å². The zero-order valence-electron chi connectivity index (χ0n) is 17.6. The fourth-order valence-electron chi connectivity index (χ4n) is 3.52. The van der Waals surface area contributed by atoms with Crippen molar-refractivity contribution in [3.63, 3.8) is 0 Å². The number of carbonyl (C=O) groups is 1. The van der Waals surface area contributed by atoms with Crippen molar-refractivity contribution < 1.29 is 50.1 Å². The van der Waals surface area contributed by atoms with Crippen molar-refractivity contribution in [1.82, 2.24) is 0 Å². The molecule has 1 unspecified atom stereocenters. The Morgan fingerprint density at radius 2 is 1.80 bits per heavy atom. The van der Waals surface area contributed by atoms with E-state index < -0.39 is 76.8 Å². The average molecular weight is 507 g/mol. The van der Waals surface area contributed by atoms with Crippen molar-refractivity contribution >= 4 is 23.3 Å². The molecular weight excluding hydrogens is 491 g/mol. The highest BCUT2D eigenvalue weighted by Crippen LogP contribution is 2.44. The number of amidine groups is 2. The van der Waals surface area contributed by atoms with E-state index >= 15 is 4.39 Å². The molecule has 0 saturated carbocycles. The predicted molar refractivity (Wildman–Crippen MR) is 107 cm³/mol. The summed E-state index contributed by atoms with van der Waals surface area (Å²) >= 11 is 0.